The number of benzene rings is 1. The molecule has 2 aromatic heterocycles. The predicted molar refractivity (Wildman–Crippen MR) is 102 cm³/mol. The van der Waals surface area contributed by atoms with Crippen molar-refractivity contribution in [3.8, 4) is 0 Å². The Morgan fingerprint density at radius 1 is 1.12 bits per heavy atom. The Hall–Kier alpha value is -2.17. The highest BCUT2D eigenvalue weighted by atomic mass is 35.5. The Labute approximate surface area is 152 Å². The van der Waals surface area contributed by atoms with Crippen molar-refractivity contribution in [3.63, 3.8) is 0 Å². The highest BCUT2D eigenvalue weighted by molar-refractivity contribution is 6.30. The van der Waals surface area contributed by atoms with Crippen LogP contribution in [-0.2, 0) is 13.1 Å². The standard InChI is InChI=1S/C20H22ClN3O/c1-15(2)11-23(12-16-6-4-3-5-7-16)14-18-10-20(25)24-13-17(21)8-9-19(24)22-18/h3-10,13,15H,11-12,14H2,1-2H3. The molecule has 2 heterocycles. The van der Waals surface area contributed by atoms with Gasteiger partial charge >= 0.3 is 0 Å². The molecule has 0 bridgehead atoms. The zero-order valence-electron chi connectivity index (χ0n) is 14.5. The normalized spacial score (nSPS) is 11.6. The molecule has 25 heavy (non-hydrogen) atoms. The number of nitrogens with zero attached hydrogens (tertiary/aromatic N) is 3. The molecule has 0 amide bonds. The number of hydrogen-bond acceptors (Lipinski definition) is 3. The lowest BCUT2D eigenvalue weighted by Crippen LogP contribution is -2.28. The first kappa shape index (κ1) is 17.6. The average Bonchev–Trinajstić information content (AvgIpc) is 2.56. The third-order valence-corrected chi connectivity index (χ3v) is 4.16. The maximum atomic E-state index is 12.4. The minimum Gasteiger partial charge on any atom is -0.293 e. The Morgan fingerprint density at radius 3 is 2.60 bits per heavy atom. The van der Waals surface area contributed by atoms with Gasteiger partial charge in [-0.05, 0) is 23.6 Å². The fraction of sp³-hybridized carbons (Fsp3) is 0.300. The second kappa shape index (κ2) is 7.81. The lowest BCUT2D eigenvalue weighted by Gasteiger charge is -2.24. The first-order valence-corrected chi connectivity index (χ1v) is 8.83. The van der Waals surface area contributed by atoms with Crippen molar-refractivity contribution in [1.29, 1.82) is 0 Å². The summed E-state index contributed by atoms with van der Waals surface area (Å²) < 4.78 is 1.48. The number of halogens is 1. The van der Waals surface area contributed by atoms with E-state index >= 15 is 0 Å². The van der Waals surface area contributed by atoms with Crippen LogP contribution < -0.4 is 5.56 Å². The molecule has 0 atom stereocenters. The molecule has 0 saturated carbocycles. The van der Waals surface area contributed by atoms with Gasteiger partial charge in [0.05, 0.1) is 10.7 Å². The van der Waals surface area contributed by atoms with Crippen LogP contribution in [0.25, 0.3) is 5.65 Å². The molecule has 130 valence electrons. The van der Waals surface area contributed by atoms with Crippen LogP contribution in [0.2, 0.25) is 5.02 Å². The van der Waals surface area contributed by atoms with Gasteiger partial charge in [0.15, 0.2) is 0 Å². The summed E-state index contributed by atoms with van der Waals surface area (Å²) in [5.74, 6) is 0.532. The Kier molecular flexibility index (Phi) is 5.51. The van der Waals surface area contributed by atoms with Gasteiger partial charge in [-0.25, -0.2) is 4.98 Å². The van der Waals surface area contributed by atoms with Crippen LogP contribution >= 0.6 is 11.6 Å². The third-order valence-electron chi connectivity index (χ3n) is 3.93. The molecule has 0 radical (unpaired) electrons. The van der Waals surface area contributed by atoms with Crippen LogP contribution in [0, 0.1) is 5.92 Å². The van der Waals surface area contributed by atoms with Gasteiger partial charge in [-0.15, -0.1) is 0 Å². The van der Waals surface area contributed by atoms with E-state index in [2.05, 4.69) is 35.9 Å². The van der Waals surface area contributed by atoms with Crippen LogP contribution in [-0.4, -0.2) is 20.8 Å². The summed E-state index contributed by atoms with van der Waals surface area (Å²) in [4.78, 5) is 19.3. The van der Waals surface area contributed by atoms with E-state index < -0.39 is 0 Å². The highest BCUT2D eigenvalue weighted by Gasteiger charge is 2.12. The molecule has 1 aromatic carbocycles. The summed E-state index contributed by atoms with van der Waals surface area (Å²) in [6, 6.07) is 15.5. The van der Waals surface area contributed by atoms with Crippen molar-refractivity contribution >= 4 is 17.2 Å². The number of rotatable bonds is 6. The summed E-state index contributed by atoms with van der Waals surface area (Å²) >= 11 is 5.97. The van der Waals surface area contributed by atoms with Gasteiger partial charge in [-0.1, -0.05) is 55.8 Å². The average molecular weight is 356 g/mol. The Balaban J connectivity index is 1.87. The summed E-state index contributed by atoms with van der Waals surface area (Å²) in [6.45, 7) is 6.81. The van der Waals surface area contributed by atoms with Gasteiger partial charge in [-0.2, -0.15) is 0 Å². The Morgan fingerprint density at radius 2 is 1.88 bits per heavy atom. The minimum absolute atomic E-state index is 0.105. The molecule has 0 aliphatic heterocycles. The molecule has 0 fully saturated rings. The van der Waals surface area contributed by atoms with E-state index in [1.54, 1.807) is 24.4 Å². The van der Waals surface area contributed by atoms with E-state index in [0.29, 0.717) is 23.1 Å². The lowest BCUT2D eigenvalue weighted by atomic mass is 10.1. The molecule has 3 rings (SSSR count). The van der Waals surface area contributed by atoms with Gasteiger partial charge in [-0.3, -0.25) is 14.1 Å². The minimum atomic E-state index is -0.105. The van der Waals surface area contributed by atoms with E-state index in [1.807, 2.05) is 18.2 Å². The quantitative estimate of drug-likeness (QED) is 0.670. The monoisotopic (exact) mass is 355 g/mol. The van der Waals surface area contributed by atoms with Gasteiger partial charge in [0.2, 0.25) is 0 Å². The smallest absolute Gasteiger partial charge is 0.258 e. The number of hydrogen-bond donors (Lipinski definition) is 0. The second-order valence-electron chi connectivity index (χ2n) is 6.71. The summed E-state index contributed by atoms with van der Waals surface area (Å²) in [5, 5.41) is 0.523. The zero-order chi connectivity index (χ0) is 17.8. The van der Waals surface area contributed by atoms with Crippen LogP contribution in [0.15, 0.2) is 59.5 Å². The fourth-order valence-corrected chi connectivity index (χ4v) is 3.14. The topological polar surface area (TPSA) is 37.6 Å². The van der Waals surface area contributed by atoms with Crippen molar-refractivity contribution in [2.45, 2.75) is 26.9 Å². The van der Waals surface area contributed by atoms with Crippen LogP contribution in [0.1, 0.15) is 25.1 Å². The zero-order valence-corrected chi connectivity index (χ0v) is 15.3. The fourth-order valence-electron chi connectivity index (χ4n) is 2.98. The van der Waals surface area contributed by atoms with Crippen molar-refractivity contribution < 1.29 is 0 Å². The largest absolute Gasteiger partial charge is 0.293 e. The lowest BCUT2D eigenvalue weighted by molar-refractivity contribution is 0.225. The van der Waals surface area contributed by atoms with Gasteiger partial charge in [0.25, 0.3) is 5.56 Å². The Bertz CT molecular complexity index is 906. The summed E-state index contributed by atoms with van der Waals surface area (Å²) in [6.07, 6.45) is 1.60. The molecule has 5 heteroatoms. The van der Waals surface area contributed by atoms with Gasteiger partial charge in [0.1, 0.15) is 5.65 Å². The maximum absolute atomic E-state index is 12.4. The molecule has 0 spiro atoms. The third kappa shape index (κ3) is 4.68. The molecule has 3 aromatic rings. The van der Waals surface area contributed by atoms with E-state index in [4.69, 9.17) is 11.6 Å². The second-order valence-corrected chi connectivity index (χ2v) is 7.15. The molecule has 0 saturated heterocycles. The van der Waals surface area contributed by atoms with Crippen molar-refractivity contribution in [1.82, 2.24) is 14.3 Å². The molecule has 0 N–H and O–H groups in total. The van der Waals surface area contributed by atoms with Crippen LogP contribution in [0.4, 0.5) is 0 Å². The predicted octanol–water partition coefficient (Wildman–Crippen LogP) is 4.01. The van der Waals surface area contributed by atoms with Gasteiger partial charge in [0, 0.05) is 31.9 Å². The first-order valence-electron chi connectivity index (χ1n) is 8.45. The van der Waals surface area contributed by atoms with Crippen LogP contribution in [0.3, 0.4) is 0 Å². The van der Waals surface area contributed by atoms with E-state index in [9.17, 15) is 4.79 Å². The van der Waals surface area contributed by atoms with E-state index in [0.717, 1.165) is 18.8 Å². The van der Waals surface area contributed by atoms with Crippen molar-refractivity contribution in [3.05, 3.63) is 81.4 Å². The molecular formula is C20H22ClN3O. The SMILES string of the molecule is CC(C)CN(Cc1ccccc1)Cc1cc(=O)n2cc(Cl)ccc2n1. The molecule has 4 nitrogen and oxygen atoms in total. The maximum Gasteiger partial charge on any atom is 0.258 e. The van der Waals surface area contributed by atoms with E-state index in [1.165, 1.54) is 9.96 Å². The van der Waals surface area contributed by atoms with Gasteiger partial charge < -0.3 is 0 Å². The molecular weight excluding hydrogens is 334 g/mol. The molecule has 0 aliphatic rings. The molecule has 0 unspecified atom stereocenters. The number of fused-ring (bicyclic) bond motifs is 1. The highest BCUT2D eigenvalue weighted by Crippen LogP contribution is 2.12. The van der Waals surface area contributed by atoms with Crippen molar-refractivity contribution in [2.75, 3.05) is 6.54 Å². The van der Waals surface area contributed by atoms with Crippen molar-refractivity contribution in [2.24, 2.45) is 5.92 Å². The summed E-state index contributed by atoms with van der Waals surface area (Å²) in [5.41, 5.74) is 2.55. The summed E-state index contributed by atoms with van der Waals surface area (Å²) in [7, 11) is 0. The van der Waals surface area contributed by atoms with Crippen LogP contribution in [0.5, 0.6) is 0 Å². The number of aromatic nitrogens is 2. The van der Waals surface area contributed by atoms with E-state index in [-0.39, 0.29) is 5.56 Å². The first-order chi connectivity index (χ1) is 12.0. The molecule has 0 aliphatic carbocycles. The number of pyridine rings is 1.